The van der Waals surface area contributed by atoms with E-state index < -0.39 is 12.0 Å². The molecular formula is C29H36N6O5. The van der Waals surface area contributed by atoms with Gasteiger partial charge in [0, 0.05) is 43.6 Å². The number of fused-ring (bicyclic) bond motifs is 1. The maximum atomic E-state index is 12.7. The number of rotatable bonds is 9. The van der Waals surface area contributed by atoms with Crippen molar-refractivity contribution in [2.24, 2.45) is 5.92 Å². The number of nitrogens with one attached hydrogen (secondary N) is 4. The summed E-state index contributed by atoms with van der Waals surface area (Å²) in [4.78, 5) is 27.5. The van der Waals surface area contributed by atoms with Crippen LogP contribution in [0.5, 0.6) is 5.75 Å². The fraction of sp³-hybridized carbons (Fsp3) is 0.379. The molecule has 4 N–H and O–H groups in total. The number of alkyl carbamates (subject to hydrolysis) is 1. The molecule has 1 saturated heterocycles. The Hall–Kier alpha value is -4.22. The number of ether oxygens (including phenoxy) is 3. The van der Waals surface area contributed by atoms with E-state index in [-0.39, 0.29) is 24.8 Å². The lowest BCUT2D eigenvalue weighted by Crippen LogP contribution is -2.53. The van der Waals surface area contributed by atoms with Crippen molar-refractivity contribution < 1.29 is 23.8 Å². The van der Waals surface area contributed by atoms with Crippen LogP contribution in [0, 0.1) is 5.92 Å². The van der Waals surface area contributed by atoms with E-state index >= 15 is 0 Å². The number of carbonyl (C=O) groups excluding carboxylic acids is 2. The van der Waals surface area contributed by atoms with Crippen molar-refractivity contribution in [2.45, 2.75) is 31.8 Å². The van der Waals surface area contributed by atoms with E-state index in [9.17, 15) is 9.59 Å². The van der Waals surface area contributed by atoms with Crippen molar-refractivity contribution in [3.05, 3.63) is 83.7 Å². The van der Waals surface area contributed by atoms with Crippen LogP contribution in [0.15, 0.2) is 66.9 Å². The minimum atomic E-state index is -0.540. The molecule has 3 aromatic rings. The molecule has 1 amide bonds. The molecule has 40 heavy (non-hydrogen) atoms. The summed E-state index contributed by atoms with van der Waals surface area (Å²) >= 11 is 0. The summed E-state index contributed by atoms with van der Waals surface area (Å²) in [6.45, 7) is 2.57. The van der Waals surface area contributed by atoms with Gasteiger partial charge < -0.3 is 30.3 Å². The number of esters is 1. The van der Waals surface area contributed by atoms with E-state index in [4.69, 9.17) is 14.2 Å². The number of carbonyl (C=O) groups is 2. The molecule has 3 atom stereocenters. The quantitative estimate of drug-likeness (QED) is 0.299. The predicted molar refractivity (Wildman–Crippen MR) is 150 cm³/mol. The zero-order chi connectivity index (χ0) is 27.9. The van der Waals surface area contributed by atoms with Crippen LogP contribution in [0.3, 0.4) is 0 Å². The van der Waals surface area contributed by atoms with Gasteiger partial charge in [0.05, 0.1) is 32.5 Å². The SMILES string of the molecule is COC(=O)[C@@H]1CN(Cc2ccn3c2C(Nc2cccc(OC)c2)NCN3)CC[C@H]1NC(=O)OCc1ccccc1. The average Bonchev–Trinajstić information content (AvgIpc) is 3.40. The lowest BCUT2D eigenvalue weighted by atomic mass is 9.91. The molecule has 3 heterocycles. The van der Waals surface area contributed by atoms with E-state index in [1.54, 1.807) is 7.11 Å². The standard InChI is InChI=1S/C29H36N6O5/c1-38-23-10-6-9-22(15-23)32-27-26-21(11-14-35(26)31-19-30-27)16-34-13-12-25(24(17-34)28(36)39-2)33-29(37)40-18-20-7-4-3-5-8-20/h3-11,14-15,24-25,27,30-32H,12-13,16-19H2,1-2H3,(H,33,37)/t24-,25-,27?/m1/s1. The maximum absolute atomic E-state index is 12.7. The smallest absolute Gasteiger partial charge is 0.407 e. The lowest BCUT2D eigenvalue weighted by Gasteiger charge is -2.37. The molecule has 0 saturated carbocycles. The highest BCUT2D eigenvalue weighted by atomic mass is 16.5. The molecule has 1 unspecified atom stereocenters. The van der Waals surface area contributed by atoms with Gasteiger partial charge in [0.25, 0.3) is 0 Å². The molecule has 1 aromatic heterocycles. The van der Waals surface area contributed by atoms with Crippen molar-refractivity contribution in [1.82, 2.24) is 20.2 Å². The molecule has 2 aliphatic heterocycles. The second-order valence-corrected chi connectivity index (χ2v) is 9.91. The predicted octanol–water partition coefficient (Wildman–Crippen LogP) is 3.00. The van der Waals surface area contributed by atoms with Gasteiger partial charge in [-0.2, -0.15) is 0 Å². The molecule has 11 heteroatoms. The lowest BCUT2D eigenvalue weighted by molar-refractivity contribution is -0.148. The Kier molecular flexibility index (Phi) is 8.72. The Morgan fingerprint density at radius 3 is 2.73 bits per heavy atom. The highest BCUT2D eigenvalue weighted by Gasteiger charge is 2.37. The van der Waals surface area contributed by atoms with Gasteiger partial charge in [-0.15, -0.1) is 0 Å². The number of anilines is 1. The summed E-state index contributed by atoms with van der Waals surface area (Å²) in [6.07, 6.45) is 1.94. The Labute approximate surface area is 233 Å². The number of methoxy groups -OCH3 is 2. The largest absolute Gasteiger partial charge is 0.497 e. The van der Waals surface area contributed by atoms with Gasteiger partial charge in [-0.1, -0.05) is 36.4 Å². The van der Waals surface area contributed by atoms with E-state index in [2.05, 4.69) is 32.3 Å². The first kappa shape index (κ1) is 27.4. The average molecular weight is 549 g/mol. The molecule has 2 aliphatic rings. The summed E-state index contributed by atoms with van der Waals surface area (Å²) in [7, 11) is 3.03. The molecule has 0 bridgehead atoms. The summed E-state index contributed by atoms with van der Waals surface area (Å²) < 4.78 is 17.9. The fourth-order valence-electron chi connectivity index (χ4n) is 5.29. The molecule has 2 aromatic carbocycles. The number of likely N-dealkylation sites (tertiary alicyclic amines) is 1. The highest BCUT2D eigenvalue weighted by Crippen LogP contribution is 2.28. The highest BCUT2D eigenvalue weighted by molar-refractivity contribution is 5.75. The Balaban J connectivity index is 1.23. The van der Waals surface area contributed by atoms with Crippen molar-refractivity contribution in [2.75, 3.05) is 44.7 Å². The Morgan fingerprint density at radius 2 is 1.93 bits per heavy atom. The minimum Gasteiger partial charge on any atom is -0.497 e. The number of aromatic nitrogens is 1. The van der Waals surface area contributed by atoms with Crippen LogP contribution in [0.25, 0.3) is 0 Å². The number of piperidine rings is 1. The molecule has 0 spiro atoms. The van der Waals surface area contributed by atoms with Gasteiger partial charge in [0.15, 0.2) is 0 Å². The number of amides is 1. The second-order valence-electron chi connectivity index (χ2n) is 9.91. The second kappa shape index (κ2) is 12.8. The number of benzene rings is 2. The minimum absolute atomic E-state index is 0.131. The van der Waals surface area contributed by atoms with Crippen molar-refractivity contribution in [1.29, 1.82) is 0 Å². The van der Waals surface area contributed by atoms with Crippen LogP contribution < -0.4 is 26.1 Å². The third-order valence-corrected chi connectivity index (χ3v) is 7.33. The Bertz CT molecular complexity index is 1300. The maximum Gasteiger partial charge on any atom is 0.407 e. The van der Waals surface area contributed by atoms with Crippen molar-refractivity contribution in [3.8, 4) is 5.75 Å². The third-order valence-electron chi connectivity index (χ3n) is 7.33. The normalized spacial score (nSPS) is 20.5. The van der Waals surface area contributed by atoms with E-state index in [1.165, 1.54) is 7.11 Å². The molecule has 212 valence electrons. The first-order valence-electron chi connectivity index (χ1n) is 13.4. The molecule has 0 aliphatic carbocycles. The monoisotopic (exact) mass is 548 g/mol. The first-order valence-corrected chi connectivity index (χ1v) is 13.4. The van der Waals surface area contributed by atoms with Gasteiger partial charge in [0.2, 0.25) is 0 Å². The van der Waals surface area contributed by atoms with Gasteiger partial charge in [-0.05, 0) is 35.7 Å². The fourth-order valence-corrected chi connectivity index (χ4v) is 5.29. The number of hydrogen-bond acceptors (Lipinski definition) is 9. The number of nitrogens with zero attached hydrogens (tertiary/aromatic N) is 2. The summed E-state index contributed by atoms with van der Waals surface area (Å²) in [5.74, 6) is -0.0786. The molecule has 5 rings (SSSR count). The van der Waals surface area contributed by atoms with Crippen LogP contribution in [0.2, 0.25) is 0 Å². The molecule has 1 fully saturated rings. The molecule has 11 nitrogen and oxygen atoms in total. The summed E-state index contributed by atoms with van der Waals surface area (Å²) in [6, 6.07) is 19.0. The van der Waals surface area contributed by atoms with Crippen LogP contribution in [-0.2, 0) is 27.4 Å². The third kappa shape index (κ3) is 6.49. The van der Waals surface area contributed by atoms with Gasteiger partial charge >= 0.3 is 12.1 Å². The topological polar surface area (TPSA) is 118 Å². The van der Waals surface area contributed by atoms with Crippen LogP contribution in [-0.4, -0.2) is 61.7 Å². The summed E-state index contributed by atoms with van der Waals surface area (Å²) in [5.41, 5.74) is 7.36. The zero-order valence-electron chi connectivity index (χ0n) is 22.8. The van der Waals surface area contributed by atoms with Crippen molar-refractivity contribution in [3.63, 3.8) is 0 Å². The van der Waals surface area contributed by atoms with Gasteiger partial charge in [0.1, 0.15) is 18.5 Å². The zero-order valence-corrected chi connectivity index (χ0v) is 22.8. The van der Waals surface area contributed by atoms with E-state index in [0.717, 1.165) is 28.3 Å². The molecule has 0 radical (unpaired) electrons. The summed E-state index contributed by atoms with van der Waals surface area (Å²) in [5, 5.41) is 9.93. The van der Waals surface area contributed by atoms with Gasteiger partial charge in [-0.3, -0.25) is 19.7 Å². The van der Waals surface area contributed by atoms with Crippen LogP contribution in [0.1, 0.15) is 29.4 Å². The number of hydrogen-bond donors (Lipinski definition) is 4. The Morgan fingerprint density at radius 1 is 1.07 bits per heavy atom. The van der Waals surface area contributed by atoms with Crippen LogP contribution >= 0.6 is 0 Å². The first-order chi connectivity index (χ1) is 19.5. The van der Waals surface area contributed by atoms with Gasteiger partial charge in [-0.25, -0.2) is 4.79 Å². The van der Waals surface area contributed by atoms with E-state index in [1.807, 2.05) is 65.5 Å². The van der Waals surface area contributed by atoms with Crippen LogP contribution in [0.4, 0.5) is 10.5 Å². The van der Waals surface area contributed by atoms with Crippen molar-refractivity contribution >= 4 is 17.7 Å². The molecular weight excluding hydrogens is 512 g/mol. The van der Waals surface area contributed by atoms with E-state index in [0.29, 0.717) is 32.7 Å².